The van der Waals surface area contributed by atoms with Crippen molar-refractivity contribution in [2.24, 2.45) is 5.73 Å². The van der Waals surface area contributed by atoms with Gasteiger partial charge in [0.1, 0.15) is 0 Å². The Bertz CT molecular complexity index is 398. The number of hydrogen-bond donors (Lipinski definition) is 2. The average Bonchev–Trinajstić information content (AvgIpc) is 2.18. The summed E-state index contributed by atoms with van der Waals surface area (Å²) in [5.41, 5.74) is 5.37. The molecule has 82 valence electrons. The molecule has 1 aromatic carbocycles. The van der Waals surface area contributed by atoms with Gasteiger partial charge in [-0.25, -0.2) is 8.78 Å². The minimum Gasteiger partial charge on any atom is -0.481 e. The van der Waals surface area contributed by atoms with E-state index in [4.69, 9.17) is 10.8 Å². The zero-order valence-corrected chi connectivity index (χ0v) is 9.09. The SMILES string of the molecule is NCC(C(=O)O)c1ccc(F)c(F)c1Br. The molecule has 0 radical (unpaired) electrons. The predicted molar refractivity (Wildman–Crippen MR) is 53.5 cm³/mol. The number of carbonyl (C=O) groups is 1. The monoisotopic (exact) mass is 279 g/mol. The van der Waals surface area contributed by atoms with Crippen LogP contribution >= 0.6 is 15.9 Å². The molecule has 0 fully saturated rings. The Morgan fingerprint density at radius 1 is 1.53 bits per heavy atom. The second-order valence-corrected chi connectivity index (χ2v) is 3.68. The van der Waals surface area contributed by atoms with E-state index in [1.165, 1.54) is 6.07 Å². The molecule has 3 nitrogen and oxygen atoms in total. The van der Waals surface area contributed by atoms with Gasteiger partial charge in [-0.1, -0.05) is 6.07 Å². The minimum absolute atomic E-state index is 0.129. The normalized spacial score (nSPS) is 12.5. The zero-order valence-electron chi connectivity index (χ0n) is 7.51. The Morgan fingerprint density at radius 2 is 2.13 bits per heavy atom. The van der Waals surface area contributed by atoms with E-state index in [1.54, 1.807) is 0 Å². The van der Waals surface area contributed by atoms with E-state index < -0.39 is 23.5 Å². The van der Waals surface area contributed by atoms with Crippen molar-refractivity contribution in [1.29, 1.82) is 0 Å². The number of hydrogen-bond acceptors (Lipinski definition) is 2. The lowest BCUT2D eigenvalue weighted by atomic mass is 9.99. The van der Waals surface area contributed by atoms with Gasteiger partial charge in [0.15, 0.2) is 11.6 Å². The number of aliphatic carboxylic acids is 1. The summed E-state index contributed by atoms with van der Waals surface area (Å²) in [7, 11) is 0. The number of halogens is 3. The third kappa shape index (κ3) is 2.32. The van der Waals surface area contributed by atoms with Crippen LogP contribution in [0.15, 0.2) is 16.6 Å². The van der Waals surface area contributed by atoms with Gasteiger partial charge >= 0.3 is 5.97 Å². The first-order chi connectivity index (χ1) is 6.99. The summed E-state index contributed by atoms with van der Waals surface area (Å²) in [6.45, 7) is -0.182. The van der Waals surface area contributed by atoms with Gasteiger partial charge in [0.2, 0.25) is 0 Å². The van der Waals surface area contributed by atoms with E-state index in [-0.39, 0.29) is 16.6 Å². The number of rotatable bonds is 3. The van der Waals surface area contributed by atoms with Gasteiger partial charge in [0, 0.05) is 6.54 Å². The average molecular weight is 280 g/mol. The molecule has 0 bridgehead atoms. The number of benzene rings is 1. The molecule has 1 atom stereocenters. The first kappa shape index (κ1) is 12.1. The fraction of sp³-hybridized carbons (Fsp3) is 0.222. The summed E-state index contributed by atoms with van der Waals surface area (Å²) < 4.78 is 25.6. The van der Waals surface area contributed by atoms with Crippen LogP contribution in [-0.4, -0.2) is 17.6 Å². The van der Waals surface area contributed by atoms with Crippen LogP contribution in [0.4, 0.5) is 8.78 Å². The van der Waals surface area contributed by atoms with Crippen LogP contribution in [0.25, 0.3) is 0 Å². The van der Waals surface area contributed by atoms with Crippen molar-refractivity contribution in [3.05, 3.63) is 33.8 Å². The third-order valence-corrected chi connectivity index (χ3v) is 2.78. The fourth-order valence-electron chi connectivity index (χ4n) is 1.17. The smallest absolute Gasteiger partial charge is 0.312 e. The van der Waals surface area contributed by atoms with E-state index in [0.29, 0.717) is 0 Å². The molecular formula is C9H8BrF2NO2. The van der Waals surface area contributed by atoms with Crippen LogP contribution in [0.3, 0.4) is 0 Å². The molecule has 0 aliphatic carbocycles. The summed E-state index contributed by atoms with van der Waals surface area (Å²) in [5, 5.41) is 8.79. The third-order valence-electron chi connectivity index (χ3n) is 1.97. The topological polar surface area (TPSA) is 63.3 Å². The largest absolute Gasteiger partial charge is 0.481 e. The van der Waals surface area contributed by atoms with E-state index in [2.05, 4.69) is 15.9 Å². The van der Waals surface area contributed by atoms with Crippen LogP contribution < -0.4 is 5.73 Å². The Hall–Kier alpha value is -1.01. The van der Waals surface area contributed by atoms with Crippen LogP contribution in [0, 0.1) is 11.6 Å². The molecule has 0 spiro atoms. The van der Waals surface area contributed by atoms with Gasteiger partial charge in [-0.05, 0) is 27.6 Å². The first-order valence-electron chi connectivity index (χ1n) is 4.05. The van der Waals surface area contributed by atoms with Crippen molar-refractivity contribution in [2.45, 2.75) is 5.92 Å². The zero-order chi connectivity index (χ0) is 11.6. The summed E-state index contributed by atoms with van der Waals surface area (Å²) in [4.78, 5) is 10.8. The second kappa shape index (κ2) is 4.67. The lowest BCUT2D eigenvalue weighted by molar-refractivity contribution is -0.138. The highest BCUT2D eigenvalue weighted by molar-refractivity contribution is 9.10. The number of nitrogens with two attached hydrogens (primary N) is 1. The molecule has 1 unspecified atom stereocenters. The second-order valence-electron chi connectivity index (χ2n) is 2.89. The van der Waals surface area contributed by atoms with Crippen molar-refractivity contribution in [3.8, 4) is 0 Å². The summed E-state index contributed by atoms with van der Waals surface area (Å²) in [6.07, 6.45) is 0. The lowest BCUT2D eigenvalue weighted by Crippen LogP contribution is -2.21. The van der Waals surface area contributed by atoms with Crippen LogP contribution in [0.2, 0.25) is 0 Å². The molecule has 0 aliphatic rings. The number of carboxylic acids is 1. The Kier molecular flexibility index (Phi) is 3.76. The van der Waals surface area contributed by atoms with E-state index >= 15 is 0 Å². The van der Waals surface area contributed by atoms with Crippen molar-refractivity contribution >= 4 is 21.9 Å². The molecule has 1 rings (SSSR count). The molecule has 1 aromatic rings. The fourth-order valence-corrected chi connectivity index (χ4v) is 1.77. The molecule has 0 saturated heterocycles. The van der Waals surface area contributed by atoms with Gasteiger partial charge in [0.05, 0.1) is 10.4 Å². The van der Waals surface area contributed by atoms with Crippen LogP contribution in [-0.2, 0) is 4.79 Å². The van der Waals surface area contributed by atoms with Crippen molar-refractivity contribution in [3.63, 3.8) is 0 Å². The molecule has 15 heavy (non-hydrogen) atoms. The maximum atomic E-state index is 13.1. The van der Waals surface area contributed by atoms with E-state index in [1.807, 2.05) is 0 Å². The van der Waals surface area contributed by atoms with Gasteiger partial charge in [-0.2, -0.15) is 0 Å². The molecule has 0 heterocycles. The minimum atomic E-state index is -1.18. The molecule has 0 aromatic heterocycles. The molecular weight excluding hydrogens is 272 g/mol. The molecule has 0 amide bonds. The van der Waals surface area contributed by atoms with Gasteiger partial charge in [0.25, 0.3) is 0 Å². The quantitative estimate of drug-likeness (QED) is 0.830. The van der Waals surface area contributed by atoms with Gasteiger partial charge in [-0.15, -0.1) is 0 Å². The Labute approximate surface area is 93.0 Å². The lowest BCUT2D eigenvalue weighted by Gasteiger charge is -2.12. The highest BCUT2D eigenvalue weighted by atomic mass is 79.9. The maximum absolute atomic E-state index is 13.1. The van der Waals surface area contributed by atoms with Gasteiger partial charge < -0.3 is 10.8 Å². The van der Waals surface area contributed by atoms with Crippen LogP contribution in [0.5, 0.6) is 0 Å². The summed E-state index contributed by atoms with van der Waals surface area (Å²) in [5.74, 6) is -4.36. The summed E-state index contributed by atoms with van der Waals surface area (Å²) in [6, 6.07) is 2.08. The highest BCUT2D eigenvalue weighted by Crippen LogP contribution is 2.28. The molecule has 6 heteroatoms. The number of carboxylic acid groups (broad SMARTS) is 1. The Morgan fingerprint density at radius 3 is 2.60 bits per heavy atom. The van der Waals surface area contributed by atoms with Crippen LogP contribution in [0.1, 0.15) is 11.5 Å². The van der Waals surface area contributed by atoms with Crippen molar-refractivity contribution < 1.29 is 18.7 Å². The van der Waals surface area contributed by atoms with E-state index in [9.17, 15) is 13.6 Å². The molecule has 0 saturated carbocycles. The maximum Gasteiger partial charge on any atom is 0.312 e. The van der Waals surface area contributed by atoms with E-state index in [0.717, 1.165) is 6.07 Å². The van der Waals surface area contributed by atoms with Crippen molar-refractivity contribution in [2.75, 3.05) is 6.54 Å². The Balaban J connectivity index is 3.25. The molecule has 3 N–H and O–H groups in total. The standard InChI is InChI=1S/C9H8BrF2NO2/c10-7-4(5(3-13)9(14)15)1-2-6(11)8(7)12/h1-2,5H,3,13H2,(H,14,15). The predicted octanol–water partition coefficient (Wildman–Crippen LogP) is 1.85. The molecule has 0 aliphatic heterocycles. The first-order valence-corrected chi connectivity index (χ1v) is 4.84. The summed E-state index contributed by atoms with van der Waals surface area (Å²) >= 11 is 2.81. The van der Waals surface area contributed by atoms with Gasteiger partial charge in [-0.3, -0.25) is 4.79 Å². The highest BCUT2D eigenvalue weighted by Gasteiger charge is 2.23. The van der Waals surface area contributed by atoms with Crippen molar-refractivity contribution in [1.82, 2.24) is 0 Å².